The van der Waals surface area contributed by atoms with Crippen LogP contribution in [0.3, 0.4) is 0 Å². The highest BCUT2D eigenvalue weighted by atomic mass is 79.9. The standard InChI is InChI=1S/C9H9BrN2O/c1-5(13)8-4-12-9-7(8)2-6(10)3-11-9/h2-3,8H,4H2,1H3,(H,11,12). The van der Waals surface area contributed by atoms with Crippen LogP contribution in [0.25, 0.3) is 0 Å². The molecule has 0 radical (unpaired) electrons. The minimum atomic E-state index is -0.0278. The molecule has 1 unspecified atom stereocenters. The van der Waals surface area contributed by atoms with Crippen molar-refractivity contribution in [2.75, 3.05) is 11.9 Å². The van der Waals surface area contributed by atoms with Crippen molar-refractivity contribution in [3.05, 3.63) is 22.3 Å². The molecule has 0 aromatic carbocycles. The van der Waals surface area contributed by atoms with Gasteiger partial charge in [-0.15, -0.1) is 0 Å². The normalized spacial score (nSPS) is 19.4. The molecular weight excluding hydrogens is 232 g/mol. The fourth-order valence-corrected chi connectivity index (χ4v) is 1.89. The SMILES string of the molecule is CC(=O)C1CNc2ncc(Br)cc21. The Morgan fingerprint density at radius 2 is 2.54 bits per heavy atom. The Balaban J connectivity index is 2.46. The molecule has 4 heteroatoms. The van der Waals surface area contributed by atoms with E-state index in [9.17, 15) is 4.79 Å². The molecule has 1 atom stereocenters. The number of Topliss-reactive ketones (excluding diaryl/α,β-unsaturated/α-hetero) is 1. The maximum Gasteiger partial charge on any atom is 0.139 e. The van der Waals surface area contributed by atoms with Gasteiger partial charge in [0.25, 0.3) is 0 Å². The van der Waals surface area contributed by atoms with Gasteiger partial charge < -0.3 is 5.32 Å². The second-order valence-corrected chi connectivity index (χ2v) is 4.05. The number of nitrogens with zero attached hydrogens (tertiary/aromatic N) is 1. The number of ketones is 1. The van der Waals surface area contributed by atoms with Crippen molar-refractivity contribution >= 4 is 27.5 Å². The highest BCUT2D eigenvalue weighted by Crippen LogP contribution is 2.31. The number of nitrogens with one attached hydrogen (secondary N) is 1. The van der Waals surface area contributed by atoms with Gasteiger partial charge in [-0.1, -0.05) is 0 Å². The first-order valence-electron chi connectivity index (χ1n) is 4.08. The number of carbonyl (C=O) groups excluding carboxylic acids is 1. The summed E-state index contributed by atoms with van der Waals surface area (Å²) in [6.07, 6.45) is 1.73. The molecule has 0 saturated heterocycles. The smallest absolute Gasteiger partial charge is 0.139 e. The summed E-state index contributed by atoms with van der Waals surface area (Å²) >= 11 is 3.34. The summed E-state index contributed by atoms with van der Waals surface area (Å²) in [7, 11) is 0. The number of hydrogen-bond acceptors (Lipinski definition) is 3. The third-order valence-corrected chi connectivity index (χ3v) is 2.66. The Morgan fingerprint density at radius 1 is 1.77 bits per heavy atom. The zero-order chi connectivity index (χ0) is 9.42. The predicted octanol–water partition coefficient (Wildman–Crippen LogP) is 1.94. The Hall–Kier alpha value is -0.900. The number of rotatable bonds is 1. The molecule has 0 amide bonds. The van der Waals surface area contributed by atoms with Gasteiger partial charge in [-0.05, 0) is 28.9 Å². The average molecular weight is 241 g/mol. The van der Waals surface area contributed by atoms with Crippen molar-refractivity contribution in [2.24, 2.45) is 0 Å². The molecule has 3 nitrogen and oxygen atoms in total. The maximum absolute atomic E-state index is 11.2. The molecule has 2 rings (SSSR count). The summed E-state index contributed by atoms with van der Waals surface area (Å²) in [5, 5.41) is 3.11. The summed E-state index contributed by atoms with van der Waals surface area (Å²) in [6.45, 7) is 2.29. The van der Waals surface area contributed by atoms with Crippen LogP contribution in [-0.4, -0.2) is 17.3 Å². The monoisotopic (exact) mass is 240 g/mol. The molecule has 0 spiro atoms. The zero-order valence-electron chi connectivity index (χ0n) is 7.17. The van der Waals surface area contributed by atoms with Crippen molar-refractivity contribution < 1.29 is 4.79 Å². The van der Waals surface area contributed by atoms with E-state index in [0.717, 1.165) is 15.9 Å². The van der Waals surface area contributed by atoms with Gasteiger partial charge in [0.15, 0.2) is 0 Å². The van der Waals surface area contributed by atoms with Crippen LogP contribution < -0.4 is 5.32 Å². The van der Waals surface area contributed by atoms with Gasteiger partial charge in [0, 0.05) is 22.8 Å². The zero-order valence-corrected chi connectivity index (χ0v) is 8.76. The van der Waals surface area contributed by atoms with Crippen molar-refractivity contribution in [1.29, 1.82) is 0 Å². The average Bonchev–Trinajstić information content (AvgIpc) is 2.46. The lowest BCUT2D eigenvalue weighted by Gasteiger charge is -2.04. The molecule has 68 valence electrons. The number of fused-ring (bicyclic) bond motifs is 1. The van der Waals surface area contributed by atoms with Gasteiger partial charge >= 0.3 is 0 Å². The largest absolute Gasteiger partial charge is 0.369 e. The number of pyridine rings is 1. The van der Waals surface area contributed by atoms with Crippen LogP contribution in [0.1, 0.15) is 18.4 Å². The van der Waals surface area contributed by atoms with E-state index in [1.165, 1.54) is 0 Å². The Labute approximate surface area is 84.7 Å². The van der Waals surface area contributed by atoms with E-state index in [4.69, 9.17) is 0 Å². The van der Waals surface area contributed by atoms with E-state index in [1.807, 2.05) is 6.07 Å². The number of hydrogen-bond donors (Lipinski definition) is 1. The van der Waals surface area contributed by atoms with Crippen molar-refractivity contribution in [1.82, 2.24) is 4.98 Å². The lowest BCUT2D eigenvalue weighted by Crippen LogP contribution is -2.10. The van der Waals surface area contributed by atoms with E-state index in [1.54, 1.807) is 13.1 Å². The molecule has 0 fully saturated rings. The van der Waals surface area contributed by atoms with E-state index in [-0.39, 0.29) is 11.7 Å². The van der Waals surface area contributed by atoms with Gasteiger partial charge in [-0.25, -0.2) is 4.98 Å². The summed E-state index contributed by atoms with van der Waals surface area (Å²) in [5.74, 6) is 0.995. The van der Waals surface area contributed by atoms with Crippen LogP contribution in [0.5, 0.6) is 0 Å². The summed E-state index contributed by atoms with van der Waals surface area (Å²) < 4.78 is 0.918. The minimum Gasteiger partial charge on any atom is -0.369 e. The second kappa shape index (κ2) is 3.10. The third-order valence-electron chi connectivity index (χ3n) is 2.22. The molecule has 2 heterocycles. The fraction of sp³-hybridized carbons (Fsp3) is 0.333. The van der Waals surface area contributed by atoms with Crippen LogP contribution in [0.15, 0.2) is 16.7 Å². The molecule has 1 N–H and O–H groups in total. The quantitative estimate of drug-likeness (QED) is 0.816. The molecule has 0 aliphatic carbocycles. The van der Waals surface area contributed by atoms with Crippen LogP contribution in [0.4, 0.5) is 5.82 Å². The highest BCUT2D eigenvalue weighted by molar-refractivity contribution is 9.10. The number of carbonyl (C=O) groups is 1. The molecular formula is C9H9BrN2O. The summed E-state index contributed by atoms with van der Waals surface area (Å²) in [5.41, 5.74) is 1.00. The molecule has 13 heavy (non-hydrogen) atoms. The van der Waals surface area contributed by atoms with E-state index in [2.05, 4.69) is 26.2 Å². The van der Waals surface area contributed by atoms with Crippen LogP contribution in [0.2, 0.25) is 0 Å². The van der Waals surface area contributed by atoms with E-state index < -0.39 is 0 Å². The van der Waals surface area contributed by atoms with Gasteiger partial charge in [0.1, 0.15) is 11.6 Å². The first-order chi connectivity index (χ1) is 6.18. The van der Waals surface area contributed by atoms with E-state index in [0.29, 0.717) is 6.54 Å². The Bertz CT molecular complexity index is 365. The molecule has 1 aromatic heterocycles. The third kappa shape index (κ3) is 1.46. The minimum absolute atomic E-state index is 0.0278. The van der Waals surface area contributed by atoms with Crippen molar-refractivity contribution in [3.8, 4) is 0 Å². The van der Waals surface area contributed by atoms with Crippen molar-refractivity contribution in [2.45, 2.75) is 12.8 Å². The van der Waals surface area contributed by atoms with Crippen LogP contribution in [0, 0.1) is 0 Å². The van der Waals surface area contributed by atoms with Crippen molar-refractivity contribution in [3.63, 3.8) is 0 Å². The lowest BCUT2D eigenvalue weighted by atomic mass is 10.00. The summed E-state index contributed by atoms with van der Waals surface area (Å²) in [4.78, 5) is 15.4. The molecule has 1 aliphatic rings. The van der Waals surface area contributed by atoms with Gasteiger partial charge in [0.2, 0.25) is 0 Å². The topological polar surface area (TPSA) is 42.0 Å². The Morgan fingerprint density at radius 3 is 3.23 bits per heavy atom. The molecule has 1 aliphatic heterocycles. The van der Waals surface area contributed by atoms with Gasteiger partial charge in [-0.2, -0.15) is 0 Å². The predicted molar refractivity (Wildman–Crippen MR) is 53.8 cm³/mol. The number of halogens is 1. The fourth-order valence-electron chi connectivity index (χ4n) is 1.54. The lowest BCUT2D eigenvalue weighted by molar-refractivity contribution is -0.118. The molecule has 0 bridgehead atoms. The molecule has 0 saturated carbocycles. The molecule has 1 aromatic rings. The highest BCUT2D eigenvalue weighted by Gasteiger charge is 2.26. The van der Waals surface area contributed by atoms with Crippen LogP contribution in [-0.2, 0) is 4.79 Å². The number of anilines is 1. The van der Waals surface area contributed by atoms with Gasteiger partial charge in [-0.3, -0.25) is 4.79 Å². The first-order valence-corrected chi connectivity index (χ1v) is 4.87. The second-order valence-electron chi connectivity index (χ2n) is 3.14. The van der Waals surface area contributed by atoms with Crippen LogP contribution >= 0.6 is 15.9 Å². The van der Waals surface area contributed by atoms with E-state index >= 15 is 0 Å². The first kappa shape index (κ1) is 8.69. The summed E-state index contributed by atoms with van der Waals surface area (Å²) in [6, 6.07) is 1.95. The maximum atomic E-state index is 11.2. The number of aromatic nitrogens is 1. The Kier molecular flexibility index (Phi) is 2.07. The van der Waals surface area contributed by atoms with Gasteiger partial charge in [0.05, 0.1) is 5.92 Å².